The molecule has 72 valence electrons. The van der Waals surface area contributed by atoms with Gasteiger partial charge >= 0.3 is 0 Å². The quantitative estimate of drug-likeness (QED) is 0.684. The van der Waals surface area contributed by atoms with Gasteiger partial charge in [-0.05, 0) is 0 Å². The van der Waals surface area contributed by atoms with Crippen LogP contribution in [0.1, 0.15) is 28.0 Å². The standard InChI is InChI=1S/C8H3F3N2O/c9-7-4(1-12)5(8(10)11)2-13-6(7)3-14/h2-3,8H. The fourth-order valence-corrected chi connectivity index (χ4v) is 0.876. The smallest absolute Gasteiger partial charge is 0.266 e. The number of pyridine rings is 1. The summed E-state index contributed by atoms with van der Waals surface area (Å²) in [6.45, 7) is 0. The van der Waals surface area contributed by atoms with E-state index in [2.05, 4.69) is 4.98 Å². The number of aromatic nitrogens is 1. The number of carbonyl (C=O) groups excluding carboxylic acids is 1. The summed E-state index contributed by atoms with van der Waals surface area (Å²) in [5, 5.41) is 8.40. The Morgan fingerprint density at radius 1 is 1.57 bits per heavy atom. The van der Waals surface area contributed by atoms with Crippen molar-refractivity contribution < 1.29 is 18.0 Å². The molecule has 0 unspecified atom stereocenters. The van der Waals surface area contributed by atoms with E-state index in [9.17, 15) is 18.0 Å². The van der Waals surface area contributed by atoms with Gasteiger partial charge in [0.25, 0.3) is 6.43 Å². The van der Waals surface area contributed by atoms with Gasteiger partial charge in [0.05, 0.1) is 5.56 Å². The number of alkyl halides is 2. The lowest BCUT2D eigenvalue weighted by molar-refractivity contribution is 0.111. The predicted octanol–water partition coefficient (Wildman–Crippen LogP) is 1.84. The van der Waals surface area contributed by atoms with Crippen LogP contribution in [0, 0.1) is 17.1 Å². The van der Waals surface area contributed by atoms with Crippen LogP contribution in [0.2, 0.25) is 0 Å². The first-order chi connectivity index (χ1) is 6.61. The molecule has 0 aliphatic carbocycles. The molecule has 1 rings (SSSR count). The van der Waals surface area contributed by atoms with Crippen LogP contribution in [0.5, 0.6) is 0 Å². The lowest BCUT2D eigenvalue weighted by Crippen LogP contribution is -2.02. The number of hydrogen-bond donors (Lipinski definition) is 0. The molecule has 0 aromatic carbocycles. The van der Waals surface area contributed by atoms with E-state index in [1.807, 2.05) is 0 Å². The first kappa shape index (κ1) is 10.2. The highest BCUT2D eigenvalue weighted by Crippen LogP contribution is 2.24. The summed E-state index contributed by atoms with van der Waals surface area (Å²) in [4.78, 5) is 13.3. The molecule has 6 heteroatoms. The molecular formula is C8H3F3N2O. The van der Waals surface area contributed by atoms with Crippen LogP contribution in [0.3, 0.4) is 0 Å². The second-order valence-corrected chi connectivity index (χ2v) is 2.32. The van der Waals surface area contributed by atoms with Gasteiger partial charge in [-0.15, -0.1) is 0 Å². The lowest BCUT2D eigenvalue weighted by Gasteiger charge is -2.03. The van der Waals surface area contributed by atoms with Crippen LogP contribution in [-0.2, 0) is 0 Å². The third kappa shape index (κ3) is 1.57. The zero-order chi connectivity index (χ0) is 10.7. The highest BCUT2D eigenvalue weighted by atomic mass is 19.3. The Kier molecular flexibility index (Phi) is 2.82. The van der Waals surface area contributed by atoms with Gasteiger partial charge in [-0.2, -0.15) is 5.26 Å². The number of nitriles is 1. The summed E-state index contributed by atoms with van der Waals surface area (Å²) in [5.74, 6) is -1.31. The van der Waals surface area contributed by atoms with Crippen molar-refractivity contribution in [3.05, 3.63) is 28.8 Å². The van der Waals surface area contributed by atoms with Crippen LogP contribution < -0.4 is 0 Å². The largest absolute Gasteiger partial charge is 0.296 e. The van der Waals surface area contributed by atoms with E-state index in [4.69, 9.17) is 5.26 Å². The van der Waals surface area contributed by atoms with E-state index in [1.54, 1.807) is 0 Å². The Bertz CT molecular complexity index is 412. The molecule has 0 radical (unpaired) electrons. The van der Waals surface area contributed by atoms with E-state index in [0.29, 0.717) is 6.20 Å². The van der Waals surface area contributed by atoms with Gasteiger partial charge < -0.3 is 0 Å². The normalized spacial score (nSPS) is 9.93. The molecule has 0 atom stereocenters. The van der Waals surface area contributed by atoms with Gasteiger partial charge in [-0.3, -0.25) is 4.79 Å². The van der Waals surface area contributed by atoms with Crippen LogP contribution in [0.15, 0.2) is 6.20 Å². The molecule has 3 nitrogen and oxygen atoms in total. The summed E-state index contributed by atoms with van der Waals surface area (Å²) >= 11 is 0. The first-order valence-corrected chi connectivity index (χ1v) is 3.43. The second-order valence-electron chi connectivity index (χ2n) is 2.32. The summed E-state index contributed by atoms with van der Waals surface area (Å²) < 4.78 is 37.4. The Hall–Kier alpha value is -1.90. The molecule has 1 heterocycles. The van der Waals surface area contributed by atoms with E-state index in [0.717, 1.165) is 0 Å². The molecule has 0 saturated carbocycles. The summed E-state index contributed by atoms with van der Waals surface area (Å²) in [6.07, 6.45) is -2.31. The van der Waals surface area contributed by atoms with E-state index < -0.39 is 29.1 Å². The fourth-order valence-electron chi connectivity index (χ4n) is 0.876. The summed E-state index contributed by atoms with van der Waals surface area (Å²) in [7, 11) is 0. The van der Waals surface area contributed by atoms with Crippen molar-refractivity contribution in [1.29, 1.82) is 5.26 Å². The van der Waals surface area contributed by atoms with Crippen molar-refractivity contribution in [2.75, 3.05) is 0 Å². The Balaban J connectivity index is 3.45. The maximum atomic E-state index is 13.0. The monoisotopic (exact) mass is 200 g/mol. The van der Waals surface area contributed by atoms with Crippen LogP contribution in [0.4, 0.5) is 13.2 Å². The van der Waals surface area contributed by atoms with Crippen LogP contribution in [-0.4, -0.2) is 11.3 Å². The topological polar surface area (TPSA) is 53.8 Å². The highest BCUT2D eigenvalue weighted by Gasteiger charge is 2.20. The molecule has 1 aromatic heterocycles. The van der Waals surface area contributed by atoms with Gasteiger partial charge in [-0.1, -0.05) is 0 Å². The fraction of sp³-hybridized carbons (Fsp3) is 0.125. The van der Waals surface area contributed by atoms with E-state index >= 15 is 0 Å². The average Bonchev–Trinajstić information content (AvgIpc) is 2.17. The zero-order valence-corrected chi connectivity index (χ0v) is 6.67. The average molecular weight is 200 g/mol. The van der Waals surface area contributed by atoms with E-state index in [1.165, 1.54) is 6.07 Å². The maximum absolute atomic E-state index is 13.0. The lowest BCUT2D eigenvalue weighted by atomic mass is 10.1. The van der Waals surface area contributed by atoms with Crippen molar-refractivity contribution in [3.8, 4) is 6.07 Å². The maximum Gasteiger partial charge on any atom is 0.266 e. The second kappa shape index (κ2) is 3.87. The summed E-state index contributed by atoms with van der Waals surface area (Å²) in [5.41, 5.74) is -2.29. The van der Waals surface area contributed by atoms with Crippen molar-refractivity contribution in [2.24, 2.45) is 0 Å². The molecule has 0 N–H and O–H groups in total. The molecular weight excluding hydrogens is 197 g/mol. The molecule has 0 bridgehead atoms. The van der Waals surface area contributed by atoms with Crippen molar-refractivity contribution in [3.63, 3.8) is 0 Å². The van der Waals surface area contributed by atoms with Gasteiger partial charge in [0.2, 0.25) is 0 Å². The molecule has 0 aliphatic heterocycles. The van der Waals surface area contributed by atoms with Gasteiger partial charge in [-0.25, -0.2) is 18.2 Å². The molecule has 0 saturated heterocycles. The van der Waals surface area contributed by atoms with Crippen molar-refractivity contribution in [2.45, 2.75) is 6.43 Å². The SMILES string of the molecule is N#Cc1c(C(F)F)cnc(C=O)c1F. The number of aldehydes is 1. The van der Waals surface area contributed by atoms with Crippen LogP contribution in [0.25, 0.3) is 0 Å². The van der Waals surface area contributed by atoms with Gasteiger partial charge in [0.1, 0.15) is 17.3 Å². The zero-order valence-electron chi connectivity index (χ0n) is 6.67. The first-order valence-electron chi connectivity index (χ1n) is 3.43. The number of hydrogen-bond acceptors (Lipinski definition) is 3. The van der Waals surface area contributed by atoms with Crippen LogP contribution >= 0.6 is 0 Å². The third-order valence-electron chi connectivity index (χ3n) is 1.53. The molecule has 0 spiro atoms. The molecule has 0 fully saturated rings. The number of rotatable bonds is 2. The molecule has 0 aliphatic rings. The Morgan fingerprint density at radius 3 is 2.64 bits per heavy atom. The minimum Gasteiger partial charge on any atom is -0.296 e. The molecule has 0 amide bonds. The van der Waals surface area contributed by atoms with Crippen molar-refractivity contribution >= 4 is 6.29 Å². The third-order valence-corrected chi connectivity index (χ3v) is 1.53. The highest BCUT2D eigenvalue weighted by molar-refractivity contribution is 5.73. The number of carbonyl (C=O) groups is 1. The predicted molar refractivity (Wildman–Crippen MR) is 39.3 cm³/mol. The number of halogens is 3. The minimum absolute atomic E-state index is 0.0609. The number of nitrogens with zero attached hydrogens (tertiary/aromatic N) is 2. The van der Waals surface area contributed by atoms with E-state index in [-0.39, 0.29) is 6.29 Å². The minimum atomic E-state index is -2.99. The van der Waals surface area contributed by atoms with Crippen molar-refractivity contribution in [1.82, 2.24) is 4.98 Å². The Labute approximate surface area is 76.8 Å². The molecule has 14 heavy (non-hydrogen) atoms. The molecule has 1 aromatic rings. The van der Waals surface area contributed by atoms with Gasteiger partial charge in [0, 0.05) is 6.20 Å². The van der Waals surface area contributed by atoms with Gasteiger partial charge in [0.15, 0.2) is 12.1 Å². The Morgan fingerprint density at radius 2 is 2.21 bits per heavy atom. The summed E-state index contributed by atoms with van der Waals surface area (Å²) in [6, 6.07) is 1.27.